The Bertz CT molecular complexity index is 1200. The summed E-state index contributed by atoms with van der Waals surface area (Å²) in [5, 5.41) is 1.30. The molecule has 0 aliphatic rings. The van der Waals surface area contributed by atoms with Crippen molar-refractivity contribution < 1.29 is 18.3 Å². The van der Waals surface area contributed by atoms with Gasteiger partial charge in [0.15, 0.2) is 5.58 Å². The lowest BCUT2D eigenvalue weighted by atomic mass is 10.00. The summed E-state index contributed by atoms with van der Waals surface area (Å²) < 4.78 is 22.7. The number of aryl methyl sites for hydroxylation is 2. The topological polar surface area (TPSA) is 61.8 Å². The molecule has 0 unspecified atom stereocenters. The number of rotatable bonds is 7. The van der Waals surface area contributed by atoms with Gasteiger partial charge in [0.25, 0.3) is 0 Å². The van der Waals surface area contributed by atoms with Crippen molar-refractivity contribution >= 4 is 21.9 Å². The van der Waals surface area contributed by atoms with Crippen LogP contribution >= 0.6 is 0 Å². The molecule has 5 heteroatoms. The number of methoxy groups -OCH3 is 1. The Morgan fingerprint density at radius 3 is 2.55 bits per heavy atom. The van der Waals surface area contributed by atoms with Crippen LogP contribution in [-0.2, 0) is 11.2 Å². The molecular formula is C24H24O5. The highest BCUT2D eigenvalue weighted by molar-refractivity contribution is 6.07. The quantitative estimate of drug-likeness (QED) is 0.307. The summed E-state index contributed by atoms with van der Waals surface area (Å²) in [4.78, 5) is 12.9. The van der Waals surface area contributed by atoms with E-state index in [0.29, 0.717) is 36.2 Å². The average molecular weight is 392 g/mol. The van der Waals surface area contributed by atoms with Crippen LogP contribution in [0.5, 0.6) is 5.75 Å². The standard InChI is InChI=1S/C24H24O5/c1-4-27-17-10-8-16(9-11-17)21-20(6-5-13-26-3)28-23-18-14-15(2)7-12-19(18)29-24(25)22(21)23/h7-12,14H,4-6,13H2,1-3H3. The zero-order chi connectivity index (χ0) is 20.4. The van der Waals surface area contributed by atoms with Gasteiger partial charge in [0.2, 0.25) is 0 Å². The minimum absolute atomic E-state index is 0.387. The van der Waals surface area contributed by atoms with Crippen molar-refractivity contribution in [3.05, 3.63) is 64.2 Å². The van der Waals surface area contributed by atoms with E-state index in [9.17, 15) is 4.79 Å². The minimum Gasteiger partial charge on any atom is -0.494 e. The molecule has 0 spiro atoms. The fourth-order valence-corrected chi connectivity index (χ4v) is 3.67. The molecule has 0 fully saturated rings. The summed E-state index contributed by atoms with van der Waals surface area (Å²) in [6.45, 7) is 5.18. The molecule has 2 heterocycles. The van der Waals surface area contributed by atoms with Gasteiger partial charge >= 0.3 is 5.63 Å². The maximum absolute atomic E-state index is 12.9. The molecule has 4 rings (SSSR count). The Morgan fingerprint density at radius 2 is 1.83 bits per heavy atom. The van der Waals surface area contributed by atoms with E-state index < -0.39 is 0 Å². The summed E-state index contributed by atoms with van der Waals surface area (Å²) in [7, 11) is 1.68. The first-order chi connectivity index (χ1) is 14.1. The van der Waals surface area contributed by atoms with Gasteiger partial charge in [0, 0.05) is 25.7 Å². The lowest BCUT2D eigenvalue weighted by Gasteiger charge is -2.06. The Labute approximate surface area is 168 Å². The van der Waals surface area contributed by atoms with Crippen molar-refractivity contribution in [1.82, 2.24) is 0 Å². The molecule has 2 aromatic carbocycles. The van der Waals surface area contributed by atoms with Crippen LogP contribution in [0, 0.1) is 6.92 Å². The van der Waals surface area contributed by atoms with Gasteiger partial charge in [-0.15, -0.1) is 0 Å². The maximum Gasteiger partial charge on any atom is 0.348 e. The van der Waals surface area contributed by atoms with E-state index in [1.165, 1.54) is 0 Å². The Balaban J connectivity index is 1.96. The SMILES string of the molecule is CCOc1ccc(-c2c(CCCOC)oc3c2c(=O)oc2ccc(C)cc23)cc1. The number of hydrogen-bond acceptors (Lipinski definition) is 5. The maximum atomic E-state index is 12.9. The Hall–Kier alpha value is -3.05. The third-order valence-corrected chi connectivity index (χ3v) is 4.97. The number of benzene rings is 2. The van der Waals surface area contributed by atoms with Gasteiger partial charge < -0.3 is 18.3 Å². The molecule has 4 aromatic rings. The number of fused-ring (bicyclic) bond motifs is 3. The third kappa shape index (κ3) is 3.66. The molecule has 0 aliphatic carbocycles. The summed E-state index contributed by atoms with van der Waals surface area (Å²) in [6, 6.07) is 13.4. The summed E-state index contributed by atoms with van der Waals surface area (Å²) in [5.74, 6) is 1.56. The van der Waals surface area contributed by atoms with Crippen LogP contribution in [-0.4, -0.2) is 20.3 Å². The fourth-order valence-electron chi connectivity index (χ4n) is 3.67. The average Bonchev–Trinajstić information content (AvgIpc) is 3.10. The molecule has 0 N–H and O–H groups in total. The smallest absolute Gasteiger partial charge is 0.348 e. The second-order valence-electron chi connectivity index (χ2n) is 7.05. The molecule has 5 nitrogen and oxygen atoms in total. The van der Waals surface area contributed by atoms with Gasteiger partial charge in [-0.2, -0.15) is 0 Å². The van der Waals surface area contributed by atoms with Gasteiger partial charge in [-0.1, -0.05) is 23.8 Å². The van der Waals surface area contributed by atoms with Crippen molar-refractivity contribution in [2.75, 3.05) is 20.3 Å². The van der Waals surface area contributed by atoms with Gasteiger partial charge in [-0.25, -0.2) is 4.79 Å². The van der Waals surface area contributed by atoms with Gasteiger partial charge in [0.1, 0.15) is 22.5 Å². The number of furan rings is 1. The van der Waals surface area contributed by atoms with E-state index in [0.717, 1.165) is 40.0 Å². The zero-order valence-electron chi connectivity index (χ0n) is 16.9. The molecule has 0 bridgehead atoms. The zero-order valence-corrected chi connectivity index (χ0v) is 16.9. The molecule has 0 radical (unpaired) electrons. The molecular weight excluding hydrogens is 368 g/mol. The predicted octanol–water partition coefficient (Wildman–Crippen LogP) is 5.49. The molecule has 29 heavy (non-hydrogen) atoms. The largest absolute Gasteiger partial charge is 0.494 e. The molecule has 0 saturated carbocycles. The summed E-state index contributed by atoms with van der Waals surface area (Å²) >= 11 is 0. The van der Waals surface area contributed by atoms with Gasteiger partial charge in [-0.05, 0) is 50.1 Å². The van der Waals surface area contributed by atoms with Crippen LogP contribution in [0.15, 0.2) is 56.1 Å². The van der Waals surface area contributed by atoms with Crippen molar-refractivity contribution in [3.8, 4) is 16.9 Å². The van der Waals surface area contributed by atoms with E-state index >= 15 is 0 Å². The fraction of sp³-hybridized carbons (Fsp3) is 0.292. The van der Waals surface area contributed by atoms with Crippen LogP contribution in [0.3, 0.4) is 0 Å². The summed E-state index contributed by atoms with van der Waals surface area (Å²) in [6.07, 6.45) is 1.46. The van der Waals surface area contributed by atoms with Crippen molar-refractivity contribution in [2.45, 2.75) is 26.7 Å². The van der Waals surface area contributed by atoms with Crippen molar-refractivity contribution in [2.24, 2.45) is 0 Å². The number of ether oxygens (including phenoxy) is 2. The highest BCUT2D eigenvalue weighted by Gasteiger charge is 2.22. The molecule has 0 saturated heterocycles. The first kappa shape index (κ1) is 19.3. The van der Waals surface area contributed by atoms with Crippen LogP contribution in [0.2, 0.25) is 0 Å². The van der Waals surface area contributed by atoms with Crippen LogP contribution in [0.1, 0.15) is 24.7 Å². The second-order valence-corrected chi connectivity index (χ2v) is 7.05. The van der Waals surface area contributed by atoms with E-state index in [-0.39, 0.29) is 5.63 Å². The highest BCUT2D eigenvalue weighted by atomic mass is 16.5. The van der Waals surface area contributed by atoms with Gasteiger partial charge in [-0.3, -0.25) is 0 Å². The van der Waals surface area contributed by atoms with Crippen LogP contribution in [0.25, 0.3) is 33.1 Å². The van der Waals surface area contributed by atoms with E-state index in [4.69, 9.17) is 18.3 Å². The lowest BCUT2D eigenvalue weighted by molar-refractivity contribution is 0.193. The van der Waals surface area contributed by atoms with E-state index in [1.807, 2.05) is 56.3 Å². The lowest BCUT2D eigenvalue weighted by Crippen LogP contribution is -2.00. The molecule has 150 valence electrons. The number of hydrogen-bond donors (Lipinski definition) is 0. The Kier molecular flexibility index (Phi) is 5.41. The minimum atomic E-state index is -0.387. The molecule has 0 aliphatic heterocycles. The predicted molar refractivity (Wildman–Crippen MR) is 114 cm³/mol. The molecule has 0 amide bonds. The first-order valence-electron chi connectivity index (χ1n) is 9.83. The van der Waals surface area contributed by atoms with Crippen molar-refractivity contribution in [3.63, 3.8) is 0 Å². The normalized spacial score (nSPS) is 11.4. The third-order valence-electron chi connectivity index (χ3n) is 4.97. The van der Waals surface area contributed by atoms with Crippen LogP contribution in [0.4, 0.5) is 0 Å². The van der Waals surface area contributed by atoms with Crippen LogP contribution < -0.4 is 10.4 Å². The highest BCUT2D eigenvalue weighted by Crippen LogP contribution is 2.37. The van der Waals surface area contributed by atoms with Crippen molar-refractivity contribution in [1.29, 1.82) is 0 Å². The molecule has 0 atom stereocenters. The van der Waals surface area contributed by atoms with E-state index in [1.54, 1.807) is 7.11 Å². The first-order valence-corrected chi connectivity index (χ1v) is 9.83. The van der Waals surface area contributed by atoms with Gasteiger partial charge in [0.05, 0.1) is 12.0 Å². The monoisotopic (exact) mass is 392 g/mol. The second kappa shape index (κ2) is 8.13. The Morgan fingerprint density at radius 1 is 1.03 bits per heavy atom. The molecule has 2 aromatic heterocycles. The van der Waals surface area contributed by atoms with E-state index in [2.05, 4.69) is 0 Å². The summed E-state index contributed by atoms with van der Waals surface area (Å²) in [5.41, 5.74) is 3.49.